The summed E-state index contributed by atoms with van der Waals surface area (Å²) in [6, 6.07) is 2.13. The molecule has 0 bridgehead atoms. The second-order valence-electron chi connectivity index (χ2n) is 3.28. The normalized spacial score (nSPS) is 10.0. The maximum Gasteiger partial charge on any atom is 0.116 e. The molecule has 0 aliphatic heterocycles. The van der Waals surface area contributed by atoms with E-state index in [4.69, 9.17) is 5.26 Å². The molecule has 0 N–H and O–H groups in total. The third-order valence-electron chi connectivity index (χ3n) is 2.24. The molecular formula is C11H11N5. The Morgan fingerprint density at radius 3 is 2.94 bits per heavy atom. The monoisotopic (exact) mass is 213 g/mol. The molecule has 0 saturated heterocycles. The van der Waals surface area contributed by atoms with Crippen LogP contribution < -0.4 is 0 Å². The molecular weight excluding hydrogens is 202 g/mol. The second-order valence-corrected chi connectivity index (χ2v) is 3.28. The minimum Gasteiger partial charge on any atom is -0.272 e. The van der Waals surface area contributed by atoms with Gasteiger partial charge < -0.3 is 0 Å². The summed E-state index contributed by atoms with van der Waals surface area (Å²) in [4.78, 5) is 8.19. The van der Waals surface area contributed by atoms with Crippen molar-refractivity contribution < 1.29 is 0 Å². The third-order valence-corrected chi connectivity index (χ3v) is 2.24. The lowest BCUT2D eigenvalue weighted by molar-refractivity contribution is 0.661. The van der Waals surface area contributed by atoms with Crippen molar-refractivity contribution in [3.63, 3.8) is 0 Å². The van der Waals surface area contributed by atoms with E-state index in [0.29, 0.717) is 12.1 Å². The van der Waals surface area contributed by atoms with Gasteiger partial charge in [-0.05, 0) is 6.92 Å². The molecule has 80 valence electrons. The van der Waals surface area contributed by atoms with Crippen LogP contribution >= 0.6 is 0 Å². The molecule has 0 saturated carbocycles. The summed E-state index contributed by atoms with van der Waals surface area (Å²) >= 11 is 0. The minimum absolute atomic E-state index is 0.339. The van der Waals surface area contributed by atoms with Gasteiger partial charge in [0.05, 0.1) is 18.7 Å². The number of aromatic nitrogens is 4. The van der Waals surface area contributed by atoms with Gasteiger partial charge in [-0.2, -0.15) is 10.4 Å². The van der Waals surface area contributed by atoms with Gasteiger partial charge in [0.1, 0.15) is 11.4 Å². The zero-order valence-electron chi connectivity index (χ0n) is 8.96. The highest BCUT2D eigenvalue weighted by Crippen LogP contribution is 2.19. The summed E-state index contributed by atoms with van der Waals surface area (Å²) in [7, 11) is 0. The summed E-state index contributed by atoms with van der Waals surface area (Å²) < 4.78 is 1.80. The average molecular weight is 213 g/mol. The SMILES string of the molecule is CCn1cc(CC#N)c(-c2cnccn2)n1. The Hall–Kier alpha value is -2.22. The zero-order valence-corrected chi connectivity index (χ0v) is 8.96. The Morgan fingerprint density at radius 2 is 2.31 bits per heavy atom. The molecule has 5 nitrogen and oxygen atoms in total. The predicted molar refractivity (Wildman–Crippen MR) is 58.2 cm³/mol. The largest absolute Gasteiger partial charge is 0.272 e. The standard InChI is InChI=1S/C11H11N5/c1-2-16-8-9(3-4-12)11(15-16)10-7-13-5-6-14-10/h5-8H,2-3H2,1H3. The second kappa shape index (κ2) is 4.53. The summed E-state index contributed by atoms with van der Waals surface area (Å²) in [5.74, 6) is 0. The quantitative estimate of drug-likeness (QED) is 0.773. The Kier molecular flexibility index (Phi) is 2.92. The lowest BCUT2D eigenvalue weighted by Crippen LogP contribution is -1.94. The van der Waals surface area contributed by atoms with E-state index in [9.17, 15) is 0 Å². The Morgan fingerprint density at radius 1 is 1.44 bits per heavy atom. The first kappa shape index (κ1) is 10.3. The fourth-order valence-electron chi connectivity index (χ4n) is 1.48. The number of rotatable bonds is 3. The Bertz CT molecular complexity index is 509. The third kappa shape index (κ3) is 1.91. The average Bonchev–Trinajstić information content (AvgIpc) is 2.74. The molecule has 0 atom stereocenters. The first-order chi connectivity index (χ1) is 7.85. The van der Waals surface area contributed by atoms with Crippen LogP contribution in [0.25, 0.3) is 11.4 Å². The minimum atomic E-state index is 0.339. The fourth-order valence-corrected chi connectivity index (χ4v) is 1.48. The molecule has 16 heavy (non-hydrogen) atoms. The fraction of sp³-hybridized carbons (Fsp3) is 0.273. The molecule has 0 radical (unpaired) electrons. The number of hydrogen-bond donors (Lipinski definition) is 0. The van der Waals surface area contributed by atoms with Crippen molar-refractivity contribution in [2.45, 2.75) is 19.9 Å². The number of nitriles is 1. The highest BCUT2D eigenvalue weighted by atomic mass is 15.3. The van der Waals surface area contributed by atoms with Crippen molar-refractivity contribution in [2.24, 2.45) is 0 Å². The van der Waals surface area contributed by atoms with Crippen LogP contribution in [0, 0.1) is 11.3 Å². The van der Waals surface area contributed by atoms with Crippen molar-refractivity contribution >= 4 is 0 Å². The van der Waals surface area contributed by atoms with Crippen molar-refractivity contribution in [3.05, 3.63) is 30.4 Å². The molecule has 0 aliphatic rings. The smallest absolute Gasteiger partial charge is 0.116 e. The van der Waals surface area contributed by atoms with Crippen LogP contribution in [0.15, 0.2) is 24.8 Å². The van der Waals surface area contributed by atoms with Gasteiger partial charge in [0.25, 0.3) is 0 Å². The summed E-state index contributed by atoms with van der Waals surface area (Å²) in [5, 5.41) is 13.1. The van der Waals surface area contributed by atoms with Gasteiger partial charge in [-0.15, -0.1) is 0 Å². The van der Waals surface area contributed by atoms with Gasteiger partial charge in [-0.3, -0.25) is 14.6 Å². The van der Waals surface area contributed by atoms with Gasteiger partial charge in [0.2, 0.25) is 0 Å². The van der Waals surface area contributed by atoms with E-state index in [-0.39, 0.29) is 0 Å². The molecule has 5 heteroatoms. The Labute approximate surface area is 93.4 Å². The highest BCUT2D eigenvalue weighted by molar-refractivity contribution is 5.57. The van der Waals surface area contributed by atoms with E-state index in [1.807, 2.05) is 13.1 Å². The lowest BCUT2D eigenvalue weighted by Gasteiger charge is -1.96. The predicted octanol–water partition coefficient (Wildman–Crippen LogP) is 1.43. The van der Waals surface area contributed by atoms with Crippen molar-refractivity contribution in [2.75, 3.05) is 0 Å². The van der Waals surface area contributed by atoms with Crippen molar-refractivity contribution in [1.82, 2.24) is 19.7 Å². The van der Waals surface area contributed by atoms with Gasteiger partial charge in [0.15, 0.2) is 0 Å². The van der Waals surface area contributed by atoms with E-state index >= 15 is 0 Å². The molecule has 0 fully saturated rings. The molecule has 0 unspecified atom stereocenters. The summed E-state index contributed by atoms with van der Waals surface area (Å²) in [6.45, 7) is 2.78. The molecule has 0 aliphatic carbocycles. The lowest BCUT2D eigenvalue weighted by atomic mass is 10.1. The highest BCUT2D eigenvalue weighted by Gasteiger charge is 2.11. The number of nitrogens with zero attached hydrogens (tertiary/aromatic N) is 5. The first-order valence-corrected chi connectivity index (χ1v) is 5.04. The molecule has 2 heterocycles. The van der Waals surface area contributed by atoms with E-state index in [0.717, 1.165) is 17.8 Å². The van der Waals surface area contributed by atoms with Crippen LogP contribution in [-0.4, -0.2) is 19.7 Å². The van der Waals surface area contributed by atoms with Crippen LogP contribution in [0.3, 0.4) is 0 Å². The molecule has 0 aromatic carbocycles. The maximum atomic E-state index is 8.75. The number of hydrogen-bond acceptors (Lipinski definition) is 4. The molecule has 2 aromatic rings. The van der Waals surface area contributed by atoms with Gasteiger partial charge >= 0.3 is 0 Å². The summed E-state index contributed by atoms with van der Waals surface area (Å²) in [6.07, 6.45) is 7.11. The van der Waals surface area contributed by atoms with Crippen molar-refractivity contribution in [3.8, 4) is 17.5 Å². The van der Waals surface area contributed by atoms with Crippen LogP contribution in [0.5, 0.6) is 0 Å². The van der Waals surface area contributed by atoms with Crippen LogP contribution in [0.4, 0.5) is 0 Å². The van der Waals surface area contributed by atoms with E-state index in [1.165, 1.54) is 0 Å². The zero-order chi connectivity index (χ0) is 11.4. The van der Waals surface area contributed by atoms with Gasteiger partial charge in [-0.1, -0.05) is 0 Å². The van der Waals surface area contributed by atoms with Gasteiger partial charge in [-0.25, -0.2) is 0 Å². The molecule has 0 spiro atoms. The van der Waals surface area contributed by atoms with E-state index in [1.54, 1.807) is 23.3 Å². The van der Waals surface area contributed by atoms with E-state index in [2.05, 4.69) is 21.1 Å². The van der Waals surface area contributed by atoms with Crippen molar-refractivity contribution in [1.29, 1.82) is 5.26 Å². The van der Waals surface area contributed by atoms with Crippen LogP contribution in [0.1, 0.15) is 12.5 Å². The van der Waals surface area contributed by atoms with Crippen LogP contribution in [-0.2, 0) is 13.0 Å². The maximum absolute atomic E-state index is 8.75. The summed E-state index contributed by atoms with van der Waals surface area (Å²) in [5.41, 5.74) is 2.35. The first-order valence-electron chi connectivity index (χ1n) is 5.04. The molecule has 0 amide bonds. The van der Waals surface area contributed by atoms with E-state index < -0.39 is 0 Å². The topological polar surface area (TPSA) is 67.4 Å². The molecule has 2 rings (SSSR count). The number of aryl methyl sites for hydroxylation is 1. The van der Waals surface area contributed by atoms with Crippen LogP contribution in [0.2, 0.25) is 0 Å². The van der Waals surface area contributed by atoms with Gasteiger partial charge in [0, 0.05) is 30.7 Å². The molecule has 2 aromatic heterocycles. The Balaban J connectivity index is 2.47.